The van der Waals surface area contributed by atoms with Gasteiger partial charge in [0.25, 0.3) is 5.91 Å². The molecule has 5 heteroatoms. The quantitative estimate of drug-likeness (QED) is 0.417. The molecule has 1 aromatic heterocycles. The van der Waals surface area contributed by atoms with Crippen LogP contribution in [0.1, 0.15) is 73.7 Å². The van der Waals surface area contributed by atoms with Gasteiger partial charge in [-0.05, 0) is 42.7 Å². The third-order valence-corrected chi connectivity index (χ3v) is 5.82. The lowest BCUT2D eigenvalue weighted by atomic mass is 9.98. The van der Waals surface area contributed by atoms with E-state index in [1.165, 1.54) is 0 Å². The molecule has 2 aromatic carbocycles. The topological polar surface area (TPSA) is 59.8 Å². The zero-order valence-corrected chi connectivity index (χ0v) is 18.2. The van der Waals surface area contributed by atoms with E-state index in [0.717, 1.165) is 43.4 Å². The van der Waals surface area contributed by atoms with Gasteiger partial charge in [0.05, 0.1) is 23.6 Å². The Morgan fingerprint density at radius 3 is 2.58 bits per heavy atom. The van der Waals surface area contributed by atoms with E-state index in [9.17, 15) is 9.59 Å². The molecule has 31 heavy (non-hydrogen) atoms. The van der Waals surface area contributed by atoms with Crippen molar-refractivity contribution >= 4 is 16.9 Å². The summed E-state index contributed by atoms with van der Waals surface area (Å²) in [4.78, 5) is 28.5. The first-order valence-corrected chi connectivity index (χ1v) is 11.2. The van der Waals surface area contributed by atoms with Crippen LogP contribution in [0.4, 0.5) is 0 Å². The van der Waals surface area contributed by atoms with E-state index in [0.29, 0.717) is 29.7 Å². The molecule has 0 aliphatic carbocycles. The van der Waals surface area contributed by atoms with Crippen LogP contribution < -0.4 is 10.2 Å². The number of unbranched alkanes of at least 4 members (excludes halogenated alkanes) is 3. The number of rotatable bonds is 9. The van der Waals surface area contributed by atoms with Crippen LogP contribution in [-0.4, -0.2) is 24.0 Å². The third-order valence-electron chi connectivity index (χ3n) is 5.82. The minimum atomic E-state index is -0.464. The van der Waals surface area contributed by atoms with Crippen molar-refractivity contribution in [1.82, 2.24) is 4.90 Å². The number of hydrogen-bond acceptors (Lipinski definition) is 4. The molecule has 1 aliphatic rings. The highest BCUT2D eigenvalue weighted by atomic mass is 16.5. The maximum atomic E-state index is 13.4. The number of nitrogens with zero attached hydrogens (tertiary/aromatic N) is 1. The molecule has 1 unspecified atom stereocenters. The molecule has 4 rings (SSSR count). The second kappa shape index (κ2) is 9.38. The fraction of sp³-hybridized carbons (Fsp3) is 0.385. The first-order valence-electron chi connectivity index (χ1n) is 11.2. The van der Waals surface area contributed by atoms with E-state index >= 15 is 0 Å². The Bertz CT molecular complexity index is 1130. The standard InChI is InChI=1S/C26H29NO4/c1-3-5-9-16-30-19-12-10-11-18(17-19)23-22-24(28)20-13-7-8-14-21(20)31-25(22)26(29)27(23)15-6-4-2/h7-8,10-14,17,23H,3-6,9,15-16H2,1-2H3. The van der Waals surface area contributed by atoms with Crippen LogP contribution in [0.3, 0.4) is 0 Å². The van der Waals surface area contributed by atoms with Gasteiger partial charge in [-0.3, -0.25) is 9.59 Å². The SMILES string of the molecule is CCCCCOc1cccc(C2c3c(oc4ccccc4c3=O)C(=O)N2CCCC)c1. The van der Waals surface area contributed by atoms with Gasteiger partial charge in [0.2, 0.25) is 5.76 Å². The molecule has 3 aromatic rings. The van der Waals surface area contributed by atoms with Gasteiger partial charge in [0, 0.05) is 6.54 Å². The highest BCUT2D eigenvalue weighted by Gasteiger charge is 2.42. The molecule has 0 bridgehead atoms. The normalized spacial score (nSPS) is 15.5. The van der Waals surface area contributed by atoms with Crippen molar-refractivity contribution in [3.05, 3.63) is 75.6 Å². The molecule has 0 N–H and O–H groups in total. The zero-order chi connectivity index (χ0) is 21.8. The van der Waals surface area contributed by atoms with Crippen molar-refractivity contribution in [3.8, 4) is 5.75 Å². The molecule has 0 radical (unpaired) electrons. The highest BCUT2D eigenvalue weighted by molar-refractivity contribution is 5.99. The molecule has 2 heterocycles. The lowest BCUT2D eigenvalue weighted by Crippen LogP contribution is -2.30. The second-order valence-electron chi connectivity index (χ2n) is 8.05. The van der Waals surface area contributed by atoms with E-state index in [2.05, 4.69) is 13.8 Å². The van der Waals surface area contributed by atoms with Gasteiger partial charge in [-0.15, -0.1) is 0 Å². The molecule has 1 amide bonds. The molecule has 162 valence electrons. The highest BCUT2D eigenvalue weighted by Crippen LogP contribution is 2.39. The summed E-state index contributed by atoms with van der Waals surface area (Å²) in [6.45, 7) is 5.48. The molecule has 0 saturated carbocycles. The van der Waals surface area contributed by atoms with Crippen molar-refractivity contribution in [3.63, 3.8) is 0 Å². The Morgan fingerprint density at radius 2 is 1.77 bits per heavy atom. The van der Waals surface area contributed by atoms with Crippen molar-refractivity contribution in [2.45, 2.75) is 52.0 Å². The molecule has 0 saturated heterocycles. The summed E-state index contributed by atoms with van der Waals surface area (Å²) in [5.41, 5.74) is 1.62. The molecule has 0 fully saturated rings. The van der Waals surface area contributed by atoms with Crippen LogP contribution in [0.15, 0.2) is 57.7 Å². The summed E-state index contributed by atoms with van der Waals surface area (Å²) in [6, 6.07) is 14.4. The van der Waals surface area contributed by atoms with Gasteiger partial charge in [0.1, 0.15) is 11.3 Å². The number of benzene rings is 2. The number of fused-ring (bicyclic) bond motifs is 2. The molecule has 1 atom stereocenters. The molecule has 1 aliphatic heterocycles. The van der Waals surface area contributed by atoms with E-state index in [4.69, 9.17) is 9.15 Å². The monoisotopic (exact) mass is 419 g/mol. The largest absolute Gasteiger partial charge is 0.494 e. The molecule has 0 spiro atoms. The van der Waals surface area contributed by atoms with Crippen molar-refractivity contribution in [1.29, 1.82) is 0 Å². The maximum absolute atomic E-state index is 13.4. The molecular formula is C26H29NO4. The van der Waals surface area contributed by atoms with Crippen LogP contribution in [0.5, 0.6) is 5.75 Å². The predicted molar refractivity (Wildman–Crippen MR) is 122 cm³/mol. The number of para-hydroxylation sites is 1. The summed E-state index contributed by atoms with van der Waals surface area (Å²) < 4.78 is 11.9. The van der Waals surface area contributed by atoms with E-state index in [-0.39, 0.29) is 17.1 Å². The second-order valence-corrected chi connectivity index (χ2v) is 8.05. The minimum Gasteiger partial charge on any atom is -0.494 e. The Balaban J connectivity index is 1.78. The van der Waals surface area contributed by atoms with Gasteiger partial charge in [-0.2, -0.15) is 0 Å². The van der Waals surface area contributed by atoms with Crippen molar-refractivity contribution < 1.29 is 13.9 Å². The fourth-order valence-corrected chi connectivity index (χ4v) is 4.19. The van der Waals surface area contributed by atoms with E-state index < -0.39 is 6.04 Å². The number of carbonyl (C=O) groups is 1. The van der Waals surface area contributed by atoms with Gasteiger partial charge >= 0.3 is 0 Å². The smallest absolute Gasteiger partial charge is 0.290 e. The lowest BCUT2D eigenvalue weighted by molar-refractivity contribution is 0.0725. The Kier molecular flexibility index (Phi) is 6.40. The van der Waals surface area contributed by atoms with Crippen LogP contribution in [0.2, 0.25) is 0 Å². The van der Waals surface area contributed by atoms with Crippen molar-refractivity contribution in [2.75, 3.05) is 13.2 Å². The van der Waals surface area contributed by atoms with E-state index in [1.807, 2.05) is 36.4 Å². The minimum absolute atomic E-state index is 0.136. The average Bonchev–Trinajstić information content (AvgIpc) is 3.07. The predicted octanol–water partition coefficient (Wildman–Crippen LogP) is 5.71. The number of amides is 1. The van der Waals surface area contributed by atoms with Crippen LogP contribution in [0.25, 0.3) is 11.0 Å². The number of ether oxygens (including phenoxy) is 1. The average molecular weight is 420 g/mol. The first-order chi connectivity index (χ1) is 15.2. The van der Waals surface area contributed by atoms with Crippen LogP contribution in [0, 0.1) is 0 Å². The van der Waals surface area contributed by atoms with Gasteiger partial charge in [0.15, 0.2) is 5.43 Å². The Labute approximate surface area is 182 Å². The zero-order valence-electron chi connectivity index (χ0n) is 18.2. The summed E-state index contributed by atoms with van der Waals surface area (Å²) in [5.74, 6) is 0.708. The van der Waals surface area contributed by atoms with Crippen LogP contribution in [-0.2, 0) is 0 Å². The molecule has 5 nitrogen and oxygen atoms in total. The Morgan fingerprint density at radius 1 is 0.968 bits per heavy atom. The summed E-state index contributed by atoms with van der Waals surface area (Å²) in [6.07, 6.45) is 5.08. The van der Waals surface area contributed by atoms with Crippen LogP contribution >= 0.6 is 0 Å². The van der Waals surface area contributed by atoms with Gasteiger partial charge in [-0.1, -0.05) is 57.4 Å². The number of hydrogen-bond donors (Lipinski definition) is 0. The summed E-state index contributed by atoms with van der Waals surface area (Å²) in [5, 5.41) is 0.503. The molecular weight excluding hydrogens is 390 g/mol. The van der Waals surface area contributed by atoms with Gasteiger partial charge in [-0.25, -0.2) is 0 Å². The Hall–Kier alpha value is -3.08. The fourth-order valence-electron chi connectivity index (χ4n) is 4.19. The summed E-state index contributed by atoms with van der Waals surface area (Å²) >= 11 is 0. The van der Waals surface area contributed by atoms with E-state index in [1.54, 1.807) is 17.0 Å². The summed E-state index contributed by atoms with van der Waals surface area (Å²) in [7, 11) is 0. The first kappa shape index (κ1) is 21.2. The maximum Gasteiger partial charge on any atom is 0.290 e. The van der Waals surface area contributed by atoms with Gasteiger partial charge < -0.3 is 14.1 Å². The lowest BCUT2D eigenvalue weighted by Gasteiger charge is -2.25. The number of carbonyl (C=O) groups excluding carboxylic acids is 1. The van der Waals surface area contributed by atoms with Crippen molar-refractivity contribution in [2.24, 2.45) is 0 Å². The third kappa shape index (κ3) is 4.09.